The van der Waals surface area contributed by atoms with Crippen LogP contribution < -0.4 is 0 Å². The lowest BCUT2D eigenvalue weighted by molar-refractivity contribution is 0.0863. The molecule has 0 fully saturated rings. The highest BCUT2D eigenvalue weighted by molar-refractivity contribution is 6.24. The highest BCUT2D eigenvalue weighted by Crippen LogP contribution is 2.38. The van der Waals surface area contributed by atoms with Crippen LogP contribution in [0.2, 0.25) is 0 Å². The number of oxime groups is 1. The summed E-state index contributed by atoms with van der Waals surface area (Å²) >= 11 is 0. The Hall–Kier alpha value is -2.95. The minimum atomic E-state index is 0.0506. The number of aryl methyl sites for hydroxylation is 1. The summed E-state index contributed by atoms with van der Waals surface area (Å²) in [6.45, 7) is 12.7. The van der Waals surface area contributed by atoms with E-state index in [-0.39, 0.29) is 17.4 Å². The molecule has 0 radical (unpaired) electrons. The Morgan fingerprint density at radius 1 is 0.939 bits per heavy atom. The van der Waals surface area contributed by atoms with E-state index in [9.17, 15) is 0 Å². The van der Waals surface area contributed by atoms with Crippen molar-refractivity contribution in [2.75, 3.05) is 0 Å². The third kappa shape index (κ3) is 5.35. The number of nitrogens with zero attached hydrogens (tertiary/aromatic N) is 3. The molecule has 0 saturated carbocycles. The van der Waals surface area contributed by atoms with Gasteiger partial charge in [0.1, 0.15) is 11.8 Å². The average molecular weight is 446 g/mol. The van der Waals surface area contributed by atoms with Gasteiger partial charge in [0, 0.05) is 23.5 Å². The molecular formula is C28H35N3O2. The van der Waals surface area contributed by atoms with E-state index in [1.807, 2.05) is 13.8 Å². The van der Waals surface area contributed by atoms with Crippen LogP contribution in [0.3, 0.4) is 0 Å². The van der Waals surface area contributed by atoms with Crippen molar-refractivity contribution in [2.45, 2.75) is 79.2 Å². The fourth-order valence-electron chi connectivity index (χ4n) is 4.34. The van der Waals surface area contributed by atoms with E-state index in [4.69, 9.17) is 9.25 Å². The highest BCUT2D eigenvalue weighted by Gasteiger charge is 2.26. The Labute approximate surface area is 197 Å². The predicted molar refractivity (Wildman–Crippen MR) is 133 cm³/mol. The summed E-state index contributed by atoms with van der Waals surface area (Å²) in [4.78, 5) is 5.65. The maximum Gasteiger partial charge on any atom is 0.219 e. The lowest BCUT2D eigenvalue weighted by Crippen LogP contribution is -2.15. The number of hydrogen-bond acceptors (Lipinski definition) is 5. The summed E-state index contributed by atoms with van der Waals surface area (Å²) < 4.78 is 5.83. The predicted octanol–water partition coefficient (Wildman–Crippen LogP) is 6.94. The van der Waals surface area contributed by atoms with Crippen LogP contribution >= 0.6 is 0 Å². The first-order valence-corrected chi connectivity index (χ1v) is 12.0. The van der Waals surface area contributed by atoms with Gasteiger partial charge in [-0.05, 0) is 61.3 Å². The van der Waals surface area contributed by atoms with Crippen LogP contribution in [0.15, 0.2) is 52.0 Å². The molecule has 0 saturated heterocycles. The van der Waals surface area contributed by atoms with Gasteiger partial charge < -0.3 is 9.25 Å². The smallest absolute Gasteiger partial charge is 0.219 e. The largest absolute Gasteiger partial charge is 0.425 e. The fourth-order valence-corrected chi connectivity index (χ4v) is 4.34. The highest BCUT2D eigenvalue weighted by atomic mass is 16.6. The summed E-state index contributed by atoms with van der Waals surface area (Å²) in [7, 11) is 0. The summed E-state index contributed by atoms with van der Waals surface area (Å²) in [6.07, 6.45) is 4.05. The molecule has 1 heterocycles. The van der Waals surface area contributed by atoms with Gasteiger partial charge in [-0.1, -0.05) is 69.2 Å². The van der Waals surface area contributed by atoms with Crippen molar-refractivity contribution in [2.24, 2.45) is 10.6 Å². The van der Waals surface area contributed by atoms with E-state index in [0.717, 1.165) is 48.7 Å². The third-order valence-electron chi connectivity index (χ3n) is 6.09. The molecule has 0 bridgehead atoms. The van der Waals surface area contributed by atoms with E-state index < -0.39 is 0 Å². The van der Waals surface area contributed by atoms with E-state index >= 15 is 0 Å². The molecule has 2 aromatic carbocycles. The molecule has 1 aromatic heterocycles. The van der Waals surface area contributed by atoms with Crippen LogP contribution in [0.25, 0.3) is 11.1 Å². The van der Waals surface area contributed by atoms with Crippen molar-refractivity contribution in [3.63, 3.8) is 0 Å². The quantitative estimate of drug-likeness (QED) is 0.262. The second-order valence-electron chi connectivity index (χ2n) is 10.4. The number of benzene rings is 2. The van der Waals surface area contributed by atoms with Crippen molar-refractivity contribution in [3.05, 3.63) is 70.9 Å². The molecule has 5 nitrogen and oxygen atoms in total. The topological polar surface area (TPSA) is 60.5 Å². The molecule has 0 atom stereocenters. The van der Waals surface area contributed by atoms with Crippen LogP contribution in [-0.4, -0.2) is 22.0 Å². The van der Waals surface area contributed by atoms with Gasteiger partial charge in [0.05, 0.1) is 0 Å². The first-order chi connectivity index (χ1) is 15.7. The first-order valence-electron chi connectivity index (χ1n) is 12.0. The van der Waals surface area contributed by atoms with Gasteiger partial charge in [0.2, 0.25) is 11.8 Å². The van der Waals surface area contributed by atoms with E-state index in [1.54, 1.807) is 0 Å². The lowest BCUT2D eigenvalue weighted by Gasteiger charge is -2.22. The van der Waals surface area contributed by atoms with Gasteiger partial charge in [-0.2, -0.15) is 0 Å². The standard InChI is InChI=1S/C28H35N3O2/c1-18(2)27-30-29-25(32-27)17-28(5,6)15-9-10-20-13-14-22-21-11-7-8-12-23(21)26(24(22)16-20)31-33-19(3)4/h7-8,11-14,16,18-19H,9-10,15,17H2,1-6H3. The molecule has 33 heavy (non-hydrogen) atoms. The van der Waals surface area contributed by atoms with E-state index in [2.05, 4.69) is 85.5 Å². The Balaban J connectivity index is 1.44. The Morgan fingerprint density at radius 2 is 1.67 bits per heavy atom. The van der Waals surface area contributed by atoms with Crippen molar-refractivity contribution in [1.29, 1.82) is 0 Å². The van der Waals surface area contributed by atoms with Crippen LogP contribution in [0.4, 0.5) is 0 Å². The van der Waals surface area contributed by atoms with Crippen LogP contribution in [0.1, 0.15) is 88.8 Å². The average Bonchev–Trinajstić information content (AvgIpc) is 3.34. The monoisotopic (exact) mass is 445 g/mol. The van der Waals surface area contributed by atoms with Gasteiger partial charge in [-0.15, -0.1) is 10.2 Å². The van der Waals surface area contributed by atoms with Crippen LogP contribution in [-0.2, 0) is 17.7 Å². The third-order valence-corrected chi connectivity index (χ3v) is 6.09. The molecular weight excluding hydrogens is 410 g/mol. The number of hydrogen-bond donors (Lipinski definition) is 0. The SMILES string of the molecule is CC(C)ON=C1c2ccccc2-c2ccc(CCCC(C)(C)Cc3nnc(C(C)C)o3)cc21. The number of aromatic nitrogens is 2. The molecule has 3 aromatic rings. The zero-order valence-corrected chi connectivity index (χ0v) is 20.7. The summed E-state index contributed by atoms with van der Waals surface area (Å²) in [5.74, 6) is 1.73. The second-order valence-corrected chi connectivity index (χ2v) is 10.4. The minimum absolute atomic E-state index is 0.0506. The van der Waals surface area contributed by atoms with Crippen molar-refractivity contribution >= 4 is 5.71 Å². The van der Waals surface area contributed by atoms with Gasteiger partial charge in [0.15, 0.2) is 0 Å². The van der Waals surface area contributed by atoms with Crippen LogP contribution in [0.5, 0.6) is 0 Å². The molecule has 0 aliphatic heterocycles. The molecule has 1 aliphatic rings. The van der Waals surface area contributed by atoms with Gasteiger partial charge >= 0.3 is 0 Å². The van der Waals surface area contributed by atoms with Crippen molar-refractivity contribution in [1.82, 2.24) is 10.2 Å². The fraction of sp³-hybridized carbons (Fsp3) is 0.464. The Morgan fingerprint density at radius 3 is 2.36 bits per heavy atom. The van der Waals surface area contributed by atoms with Gasteiger partial charge in [-0.3, -0.25) is 0 Å². The first kappa shape index (κ1) is 23.2. The number of rotatable bonds is 9. The van der Waals surface area contributed by atoms with E-state index in [0.29, 0.717) is 0 Å². The minimum Gasteiger partial charge on any atom is -0.425 e. The van der Waals surface area contributed by atoms with Crippen molar-refractivity contribution < 1.29 is 9.25 Å². The molecule has 174 valence electrons. The molecule has 0 amide bonds. The van der Waals surface area contributed by atoms with E-state index in [1.165, 1.54) is 22.3 Å². The second kappa shape index (κ2) is 9.50. The Bertz CT molecular complexity index is 1140. The lowest BCUT2D eigenvalue weighted by atomic mass is 9.83. The molecule has 1 aliphatic carbocycles. The maximum absolute atomic E-state index is 5.83. The summed E-state index contributed by atoms with van der Waals surface area (Å²) in [5.41, 5.74) is 7.14. The van der Waals surface area contributed by atoms with Crippen molar-refractivity contribution in [3.8, 4) is 11.1 Å². The molecule has 4 rings (SSSR count). The Kier molecular flexibility index (Phi) is 6.68. The zero-order chi connectivity index (χ0) is 23.6. The maximum atomic E-state index is 5.83. The van der Waals surface area contributed by atoms with Crippen LogP contribution in [0, 0.1) is 5.41 Å². The molecule has 0 spiro atoms. The summed E-state index contributed by atoms with van der Waals surface area (Å²) in [6, 6.07) is 15.2. The number of fused-ring (bicyclic) bond motifs is 3. The molecule has 5 heteroatoms. The summed E-state index contributed by atoms with van der Waals surface area (Å²) in [5, 5.41) is 12.9. The molecule has 0 unspecified atom stereocenters. The molecule has 0 N–H and O–H groups in total. The zero-order valence-electron chi connectivity index (χ0n) is 20.7. The normalized spacial score (nSPS) is 14.2. The van der Waals surface area contributed by atoms with Gasteiger partial charge in [0.25, 0.3) is 0 Å². The van der Waals surface area contributed by atoms with Gasteiger partial charge in [-0.25, -0.2) is 0 Å².